The van der Waals surface area contributed by atoms with E-state index in [0.29, 0.717) is 10.0 Å². The highest BCUT2D eigenvalue weighted by molar-refractivity contribution is 6.42. The maximum Gasteiger partial charge on any atom is 0.261 e. The highest BCUT2D eigenvalue weighted by Gasteiger charge is 2.27. The third-order valence-corrected chi connectivity index (χ3v) is 5.10. The van der Waals surface area contributed by atoms with E-state index in [1.54, 1.807) is 6.20 Å². The summed E-state index contributed by atoms with van der Waals surface area (Å²) in [4.78, 5) is 22.6. The average Bonchev–Trinajstić information content (AvgIpc) is 2.64. The number of aliphatic imine (C=N–C) groups is 1. The van der Waals surface area contributed by atoms with E-state index < -0.39 is 0 Å². The van der Waals surface area contributed by atoms with Gasteiger partial charge < -0.3 is 0 Å². The van der Waals surface area contributed by atoms with Gasteiger partial charge in [-0.1, -0.05) is 53.5 Å². The monoisotopic (exact) mass is 367 g/mol. The minimum Gasteiger partial charge on any atom is -0.219 e. The standard InChI is InChI=1S/C19H11Cl2N3O/c20-16-6-5-11(8-17(16)21)15-7-12-9-22-19(23-10-25)24-18(12)14-4-2-1-3-13(14)15/h1-6,8-9,15H,7H2. The predicted molar refractivity (Wildman–Crippen MR) is 97.3 cm³/mol. The van der Waals surface area contributed by atoms with Gasteiger partial charge in [-0.25, -0.2) is 14.8 Å². The second-order valence-electron chi connectivity index (χ2n) is 5.76. The van der Waals surface area contributed by atoms with Crippen LogP contribution in [0.15, 0.2) is 53.7 Å². The zero-order valence-electron chi connectivity index (χ0n) is 12.9. The molecule has 0 saturated carbocycles. The van der Waals surface area contributed by atoms with E-state index in [9.17, 15) is 4.79 Å². The number of benzene rings is 2. The molecule has 6 heteroatoms. The van der Waals surface area contributed by atoms with Crippen LogP contribution in [0.5, 0.6) is 0 Å². The lowest BCUT2D eigenvalue weighted by Crippen LogP contribution is -2.14. The normalized spacial score (nSPS) is 15.0. The molecular weight excluding hydrogens is 357 g/mol. The summed E-state index contributed by atoms with van der Waals surface area (Å²) in [5, 5.41) is 1.07. The third-order valence-electron chi connectivity index (χ3n) is 4.36. The van der Waals surface area contributed by atoms with Gasteiger partial charge in [0.05, 0.1) is 15.7 Å². The molecule has 25 heavy (non-hydrogen) atoms. The first kappa shape index (κ1) is 16.0. The summed E-state index contributed by atoms with van der Waals surface area (Å²) < 4.78 is 0. The lowest BCUT2D eigenvalue weighted by atomic mass is 9.78. The van der Waals surface area contributed by atoms with E-state index in [0.717, 1.165) is 34.4 Å². The molecule has 4 nitrogen and oxygen atoms in total. The molecule has 0 aliphatic heterocycles. The lowest BCUT2D eigenvalue weighted by molar-refractivity contribution is 0.565. The molecule has 1 atom stereocenters. The fourth-order valence-corrected chi connectivity index (χ4v) is 3.55. The van der Waals surface area contributed by atoms with E-state index in [-0.39, 0.29) is 11.9 Å². The van der Waals surface area contributed by atoms with Crippen molar-refractivity contribution in [1.29, 1.82) is 0 Å². The molecule has 1 aliphatic rings. The van der Waals surface area contributed by atoms with Crippen molar-refractivity contribution in [2.75, 3.05) is 0 Å². The van der Waals surface area contributed by atoms with Crippen molar-refractivity contribution in [3.8, 4) is 11.3 Å². The smallest absolute Gasteiger partial charge is 0.219 e. The van der Waals surface area contributed by atoms with E-state index in [1.807, 2.05) is 36.4 Å². The van der Waals surface area contributed by atoms with Crippen LogP contribution in [-0.2, 0) is 11.2 Å². The van der Waals surface area contributed by atoms with E-state index in [4.69, 9.17) is 23.2 Å². The van der Waals surface area contributed by atoms with Gasteiger partial charge in [0.25, 0.3) is 5.95 Å². The number of nitrogens with zero attached hydrogens (tertiary/aromatic N) is 3. The largest absolute Gasteiger partial charge is 0.261 e. The van der Waals surface area contributed by atoms with Crippen LogP contribution in [-0.4, -0.2) is 16.0 Å². The predicted octanol–water partition coefficient (Wildman–Crippen LogP) is 5.11. The van der Waals surface area contributed by atoms with Crippen molar-refractivity contribution in [3.63, 3.8) is 0 Å². The Morgan fingerprint density at radius 2 is 1.96 bits per heavy atom. The second-order valence-corrected chi connectivity index (χ2v) is 6.58. The Kier molecular flexibility index (Phi) is 4.10. The molecule has 1 aliphatic carbocycles. The first-order chi connectivity index (χ1) is 12.2. The Labute approximate surface area is 154 Å². The van der Waals surface area contributed by atoms with Gasteiger partial charge in [-0.05, 0) is 35.2 Å². The molecule has 1 aromatic heterocycles. The van der Waals surface area contributed by atoms with Crippen LogP contribution in [0.2, 0.25) is 10.0 Å². The molecule has 1 unspecified atom stereocenters. The molecule has 0 amide bonds. The number of carbonyl (C=O) groups excluding carboxylic acids is 1. The number of isocyanates is 1. The molecule has 4 rings (SSSR count). The number of hydrogen-bond donors (Lipinski definition) is 0. The van der Waals surface area contributed by atoms with Crippen LogP contribution < -0.4 is 0 Å². The van der Waals surface area contributed by atoms with Gasteiger partial charge in [-0.2, -0.15) is 0 Å². The fourth-order valence-electron chi connectivity index (χ4n) is 3.25. The number of rotatable bonds is 2. The van der Waals surface area contributed by atoms with E-state index in [1.165, 1.54) is 6.08 Å². The van der Waals surface area contributed by atoms with Gasteiger partial charge >= 0.3 is 0 Å². The second kappa shape index (κ2) is 6.41. The number of aromatic nitrogens is 2. The summed E-state index contributed by atoms with van der Waals surface area (Å²) in [7, 11) is 0. The average molecular weight is 368 g/mol. The van der Waals surface area contributed by atoms with E-state index >= 15 is 0 Å². The zero-order chi connectivity index (χ0) is 17.4. The lowest BCUT2D eigenvalue weighted by Gasteiger charge is -2.27. The quantitative estimate of drug-likeness (QED) is 0.467. The van der Waals surface area contributed by atoms with Crippen molar-refractivity contribution in [2.24, 2.45) is 4.99 Å². The molecule has 0 radical (unpaired) electrons. The zero-order valence-corrected chi connectivity index (χ0v) is 14.4. The topological polar surface area (TPSA) is 55.2 Å². The Balaban J connectivity index is 1.88. The molecule has 0 N–H and O–H groups in total. The highest BCUT2D eigenvalue weighted by Crippen LogP contribution is 2.42. The molecular formula is C19H11Cl2N3O. The summed E-state index contributed by atoms with van der Waals surface area (Å²) in [6, 6.07) is 13.8. The van der Waals surface area contributed by atoms with Gasteiger partial charge in [-0.3, -0.25) is 0 Å². The number of fused-ring (bicyclic) bond motifs is 3. The van der Waals surface area contributed by atoms with Crippen LogP contribution in [0.4, 0.5) is 5.95 Å². The fraction of sp³-hybridized carbons (Fsp3) is 0.105. The molecule has 0 fully saturated rings. The summed E-state index contributed by atoms with van der Waals surface area (Å²) >= 11 is 12.3. The Morgan fingerprint density at radius 1 is 1.12 bits per heavy atom. The van der Waals surface area contributed by atoms with Crippen LogP contribution >= 0.6 is 23.2 Å². The molecule has 3 aromatic rings. The third kappa shape index (κ3) is 2.85. The maximum absolute atomic E-state index is 10.5. The number of hydrogen-bond acceptors (Lipinski definition) is 4. The Morgan fingerprint density at radius 3 is 2.76 bits per heavy atom. The van der Waals surface area contributed by atoms with Gasteiger partial charge in [0.15, 0.2) is 0 Å². The van der Waals surface area contributed by atoms with Gasteiger partial charge in [0, 0.05) is 17.7 Å². The molecule has 122 valence electrons. The highest BCUT2D eigenvalue weighted by atomic mass is 35.5. The summed E-state index contributed by atoms with van der Waals surface area (Å²) in [5.41, 5.74) is 5.04. The van der Waals surface area contributed by atoms with Crippen molar-refractivity contribution in [1.82, 2.24) is 9.97 Å². The summed E-state index contributed by atoms with van der Waals surface area (Å²) in [5.74, 6) is 0.249. The summed E-state index contributed by atoms with van der Waals surface area (Å²) in [6.07, 6.45) is 3.94. The SMILES string of the molecule is O=C=Nc1ncc2c(n1)-c1ccccc1C(c1ccc(Cl)c(Cl)c1)C2. The van der Waals surface area contributed by atoms with Crippen molar-refractivity contribution in [2.45, 2.75) is 12.3 Å². The van der Waals surface area contributed by atoms with Gasteiger partial charge in [-0.15, -0.1) is 4.99 Å². The first-order valence-corrected chi connectivity index (χ1v) is 8.41. The van der Waals surface area contributed by atoms with Crippen LogP contribution in [0.25, 0.3) is 11.3 Å². The molecule has 0 saturated heterocycles. The Bertz CT molecular complexity index is 1030. The van der Waals surface area contributed by atoms with Crippen LogP contribution in [0.3, 0.4) is 0 Å². The van der Waals surface area contributed by atoms with Gasteiger partial charge in [0.1, 0.15) is 0 Å². The molecule has 0 spiro atoms. The van der Waals surface area contributed by atoms with Crippen molar-refractivity contribution >= 4 is 35.2 Å². The first-order valence-electron chi connectivity index (χ1n) is 7.65. The number of halogens is 2. The van der Waals surface area contributed by atoms with Gasteiger partial charge in [0.2, 0.25) is 6.08 Å². The minimum atomic E-state index is 0.122. The molecule has 2 aromatic carbocycles. The molecule has 1 heterocycles. The molecule has 0 bridgehead atoms. The maximum atomic E-state index is 10.5. The minimum absolute atomic E-state index is 0.122. The van der Waals surface area contributed by atoms with E-state index in [2.05, 4.69) is 21.0 Å². The Hall–Kier alpha value is -2.52. The summed E-state index contributed by atoms with van der Waals surface area (Å²) in [6.45, 7) is 0. The van der Waals surface area contributed by atoms with Crippen molar-refractivity contribution < 1.29 is 4.79 Å². The van der Waals surface area contributed by atoms with Crippen LogP contribution in [0, 0.1) is 0 Å². The van der Waals surface area contributed by atoms with Crippen LogP contribution in [0.1, 0.15) is 22.6 Å². The van der Waals surface area contributed by atoms with Crippen molar-refractivity contribution in [3.05, 3.63) is 75.4 Å².